The van der Waals surface area contributed by atoms with Crippen molar-refractivity contribution in [1.29, 1.82) is 0 Å². The predicted octanol–water partition coefficient (Wildman–Crippen LogP) is 3.57. The van der Waals surface area contributed by atoms with E-state index in [4.69, 9.17) is 9.72 Å². The third-order valence-electron chi connectivity index (χ3n) is 4.30. The topological polar surface area (TPSA) is 76.1 Å². The van der Waals surface area contributed by atoms with Crippen molar-refractivity contribution >= 4 is 28.1 Å². The molecule has 0 aliphatic carbocycles. The van der Waals surface area contributed by atoms with Crippen molar-refractivity contribution < 1.29 is 4.74 Å². The Balaban J connectivity index is 1.51. The van der Waals surface area contributed by atoms with Crippen LogP contribution in [0.25, 0.3) is 0 Å². The molecule has 1 unspecified atom stereocenters. The Labute approximate surface area is 162 Å². The molecule has 1 fully saturated rings. The van der Waals surface area contributed by atoms with Crippen molar-refractivity contribution in [3.63, 3.8) is 0 Å². The van der Waals surface area contributed by atoms with Crippen molar-refractivity contribution in [3.05, 3.63) is 52.6 Å². The zero-order chi connectivity index (χ0) is 18.8. The first-order valence-electron chi connectivity index (χ1n) is 8.92. The second-order valence-corrected chi connectivity index (χ2v) is 7.45. The fraction of sp³-hybridized carbons (Fsp3) is 0.368. The lowest BCUT2D eigenvalue weighted by molar-refractivity contribution is 0.0368. The summed E-state index contributed by atoms with van der Waals surface area (Å²) in [6.07, 6.45) is -0.103. The standard InChI is InChI=1S/C19H22N6OS/c1-12-9-18(22-14(3)20-12)25-7-8-26-16(10-25)15-5-4-6-17(23-15)24-19-21-13(2)11-27-19/h4-6,9,11,16H,7-8,10H2,1-3H3,(H,21,23,24). The number of morpholine rings is 1. The number of thiazole rings is 1. The van der Waals surface area contributed by atoms with Gasteiger partial charge in [0.25, 0.3) is 0 Å². The lowest BCUT2D eigenvalue weighted by Crippen LogP contribution is -2.39. The highest BCUT2D eigenvalue weighted by atomic mass is 32.1. The fourth-order valence-electron chi connectivity index (χ4n) is 3.12. The van der Waals surface area contributed by atoms with Gasteiger partial charge in [0.2, 0.25) is 0 Å². The molecule has 27 heavy (non-hydrogen) atoms. The molecule has 0 saturated carbocycles. The third-order valence-corrected chi connectivity index (χ3v) is 5.17. The van der Waals surface area contributed by atoms with Gasteiger partial charge in [-0.1, -0.05) is 6.07 Å². The maximum absolute atomic E-state index is 6.00. The number of hydrogen-bond donors (Lipinski definition) is 1. The van der Waals surface area contributed by atoms with Gasteiger partial charge in [-0.25, -0.2) is 19.9 Å². The van der Waals surface area contributed by atoms with E-state index < -0.39 is 0 Å². The highest BCUT2D eigenvalue weighted by Gasteiger charge is 2.24. The van der Waals surface area contributed by atoms with Crippen LogP contribution in [0.15, 0.2) is 29.6 Å². The largest absolute Gasteiger partial charge is 0.368 e. The van der Waals surface area contributed by atoms with Gasteiger partial charge >= 0.3 is 0 Å². The van der Waals surface area contributed by atoms with Crippen LogP contribution in [0.4, 0.5) is 16.8 Å². The highest BCUT2D eigenvalue weighted by molar-refractivity contribution is 7.13. The Morgan fingerprint density at radius 1 is 1.11 bits per heavy atom. The van der Waals surface area contributed by atoms with Crippen LogP contribution < -0.4 is 10.2 Å². The van der Waals surface area contributed by atoms with Gasteiger partial charge in [0.1, 0.15) is 23.6 Å². The number of aryl methyl sites for hydroxylation is 3. The number of pyridine rings is 1. The number of hydrogen-bond acceptors (Lipinski definition) is 8. The van der Waals surface area contributed by atoms with Gasteiger partial charge in [-0.05, 0) is 32.9 Å². The average molecular weight is 382 g/mol. The predicted molar refractivity (Wildman–Crippen MR) is 107 cm³/mol. The number of anilines is 3. The molecule has 7 nitrogen and oxygen atoms in total. The summed E-state index contributed by atoms with van der Waals surface area (Å²) in [5.41, 5.74) is 2.88. The molecule has 8 heteroatoms. The van der Waals surface area contributed by atoms with E-state index in [0.717, 1.165) is 46.2 Å². The summed E-state index contributed by atoms with van der Waals surface area (Å²) in [6, 6.07) is 7.96. The number of nitrogens with one attached hydrogen (secondary N) is 1. The van der Waals surface area contributed by atoms with E-state index in [2.05, 4.69) is 25.2 Å². The number of nitrogens with zero attached hydrogens (tertiary/aromatic N) is 5. The lowest BCUT2D eigenvalue weighted by atomic mass is 10.2. The van der Waals surface area contributed by atoms with Crippen LogP contribution in [0.5, 0.6) is 0 Å². The molecule has 4 rings (SSSR count). The molecule has 140 valence electrons. The van der Waals surface area contributed by atoms with Crippen LogP contribution in [-0.2, 0) is 4.74 Å². The smallest absolute Gasteiger partial charge is 0.188 e. The summed E-state index contributed by atoms with van der Waals surface area (Å²) >= 11 is 1.57. The average Bonchev–Trinajstić information content (AvgIpc) is 3.06. The molecule has 1 aliphatic rings. The molecule has 0 aromatic carbocycles. The first kappa shape index (κ1) is 17.8. The zero-order valence-electron chi connectivity index (χ0n) is 15.6. The molecule has 0 bridgehead atoms. The molecular weight excluding hydrogens is 360 g/mol. The minimum atomic E-state index is -0.103. The van der Waals surface area contributed by atoms with Gasteiger partial charge < -0.3 is 15.0 Å². The number of ether oxygens (including phenoxy) is 1. The highest BCUT2D eigenvalue weighted by Crippen LogP contribution is 2.26. The molecule has 0 radical (unpaired) electrons. The van der Waals surface area contributed by atoms with Crippen LogP contribution in [0.2, 0.25) is 0 Å². The van der Waals surface area contributed by atoms with Crippen molar-refractivity contribution in [2.75, 3.05) is 29.9 Å². The molecule has 1 aliphatic heterocycles. The van der Waals surface area contributed by atoms with E-state index in [0.29, 0.717) is 13.2 Å². The Morgan fingerprint density at radius 2 is 2.00 bits per heavy atom. The molecule has 1 saturated heterocycles. The fourth-order valence-corrected chi connectivity index (χ4v) is 3.81. The SMILES string of the molecule is Cc1cc(N2CCOC(c3cccc(Nc4nc(C)cs4)n3)C2)nc(C)n1. The van der Waals surface area contributed by atoms with E-state index in [1.165, 1.54) is 0 Å². The zero-order valence-corrected chi connectivity index (χ0v) is 16.5. The van der Waals surface area contributed by atoms with Crippen LogP contribution in [-0.4, -0.2) is 39.6 Å². The van der Waals surface area contributed by atoms with Crippen molar-refractivity contribution in [2.45, 2.75) is 26.9 Å². The van der Waals surface area contributed by atoms with Gasteiger partial charge in [0, 0.05) is 23.7 Å². The maximum Gasteiger partial charge on any atom is 0.188 e. The Hall–Kier alpha value is -2.58. The Kier molecular flexibility index (Phi) is 5.00. The Morgan fingerprint density at radius 3 is 2.78 bits per heavy atom. The minimum Gasteiger partial charge on any atom is -0.368 e. The molecule has 1 atom stereocenters. The summed E-state index contributed by atoms with van der Waals surface area (Å²) in [7, 11) is 0. The van der Waals surface area contributed by atoms with E-state index in [9.17, 15) is 0 Å². The molecule has 3 aromatic heterocycles. The lowest BCUT2D eigenvalue weighted by Gasteiger charge is -2.33. The molecule has 0 amide bonds. The van der Waals surface area contributed by atoms with E-state index in [1.807, 2.05) is 50.4 Å². The summed E-state index contributed by atoms with van der Waals surface area (Å²) < 4.78 is 6.00. The van der Waals surface area contributed by atoms with Crippen LogP contribution in [0, 0.1) is 20.8 Å². The van der Waals surface area contributed by atoms with Crippen molar-refractivity contribution in [3.8, 4) is 0 Å². The molecular formula is C19H22N6OS. The van der Waals surface area contributed by atoms with E-state index in [1.54, 1.807) is 11.3 Å². The van der Waals surface area contributed by atoms with Crippen LogP contribution >= 0.6 is 11.3 Å². The second-order valence-electron chi connectivity index (χ2n) is 6.59. The van der Waals surface area contributed by atoms with Crippen molar-refractivity contribution in [2.24, 2.45) is 0 Å². The van der Waals surface area contributed by atoms with Crippen molar-refractivity contribution in [1.82, 2.24) is 19.9 Å². The first-order valence-corrected chi connectivity index (χ1v) is 9.80. The normalized spacial score (nSPS) is 17.1. The Bertz CT molecular complexity index is 923. The van der Waals surface area contributed by atoms with Gasteiger partial charge in [-0.15, -0.1) is 11.3 Å². The maximum atomic E-state index is 6.00. The van der Waals surface area contributed by atoms with Gasteiger partial charge in [-0.3, -0.25) is 0 Å². The third kappa shape index (κ3) is 4.23. The molecule has 4 heterocycles. The second kappa shape index (κ2) is 7.58. The summed E-state index contributed by atoms with van der Waals surface area (Å²) in [5.74, 6) is 2.51. The van der Waals surface area contributed by atoms with E-state index >= 15 is 0 Å². The number of aromatic nitrogens is 4. The van der Waals surface area contributed by atoms with Crippen LogP contribution in [0.1, 0.15) is 29.0 Å². The number of rotatable bonds is 4. The molecule has 1 N–H and O–H groups in total. The van der Waals surface area contributed by atoms with Crippen LogP contribution in [0.3, 0.4) is 0 Å². The van der Waals surface area contributed by atoms with Gasteiger partial charge in [-0.2, -0.15) is 0 Å². The molecule has 3 aromatic rings. The van der Waals surface area contributed by atoms with Gasteiger partial charge in [0.05, 0.1) is 24.5 Å². The summed E-state index contributed by atoms with van der Waals surface area (Å²) in [4.78, 5) is 20.3. The quantitative estimate of drug-likeness (QED) is 0.739. The molecule has 0 spiro atoms. The monoisotopic (exact) mass is 382 g/mol. The van der Waals surface area contributed by atoms with Gasteiger partial charge in [0.15, 0.2) is 5.13 Å². The first-order chi connectivity index (χ1) is 13.1. The minimum absolute atomic E-state index is 0.103. The summed E-state index contributed by atoms with van der Waals surface area (Å²) in [6.45, 7) is 8.05. The summed E-state index contributed by atoms with van der Waals surface area (Å²) in [5, 5.41) is 6.13. The van der Waals surface area contributed by atoms with E-state index in [-0.39, 0.29) is 6.10 Å².